The number of methoxy groups -OCH3 is 2. The van der Waals surface area contributed by atoms with Crippen LogP contribution in [0.1, 0.15) is 6.42 Å². The van der Waals surface area contributed by atoms with E-state index >= 15 is 0 Å². The van der Waals surface area contributed by atoms with Crippen molar-refractivity contribution in [2.75, 3.05) is 40.5 Å². The van der Waals surface area contributed by atoms with E-state index < -0.39 is 6.10 Å². The van der Waals surface area contributed by atoms with Gasteiger partial charge in [-0.15, -0.1) is 0 Å². The van der Waals surface area contributed by atoms with Gasteiger partial charge in [-0.05, 0) is 12.0 Å². The number of carbonyl (C=O) groups is 1. The second kappa shape index (κ2) is 6.62. The smallest absolute Gasteiger partial charge is 0.253 e. The van der Waals surface area contributed by atoms with Crippen LogP contribution in [-0.2, 0) is 14.3 Å². The van der Waals surface area contributed by atoms with Crippen LogP contribution in [0.3, 0.4) is 0 Å². The highest BCUT2D eigenvalue weighted by atomic mass is 16.5. The number of rotatable bonds is 5. The minimum atomic E-state index is -0.516. The van der Waals surface area contributed by atoms with E-state index in [0.717, 1.165) is 6.42 Å². The van der Waals surface area contributed by atoms with Crippen LogP contribution in [0, 0.1) is 0 Å². The van der Waals surface area contributed by atoms with Crippen LogP contribution in [0.2, 0.25) is 0 Å². The minimum Gasteiger partial charge on any atom is -0.380 e. The first kappa shape index (κ1) is 13.2. The van der Waals surface area contributed by atoms with Gasteiger partial charge < -0.3 is 20.1 Å². The predicted octanol–water partition coefficient (Wildman–Crippen LogP) is -0.235. The van der Waals surface area contributed by atoms with Crippen LogP contribution < -0.4 is 5.73 Å². The van der Waals surface area contributed by atoms with E-state index in [0.29, 0.717) is 19.7 Å². The fourth-order valence-electron chi connectivity index (χ4n) is 1.73. The third-order valence-corrected chi connectivity index (χ3v) is 2.72. The topological polar surface area (TPSA) is 64.8 Å². The summed E-state index contributed by atoms with van der Waals surface area (Å²) in [6.07, 6.45) is 2.38. The van der Waals surface area contributed by atoms with Crippen LogP contribution in [0.15, 0.2) is 11.6 Å². The highest BCUT2D eigenvalue weighted by Crippen LogP contribution is 2.12. The number of nitrogens with zero attached hydrogens (tertiary/aromatic N) is 1. The largest absolute Gasteiger partial charge is 0.380 e. The Bertz CT molecular complexity index is 262. The zero-order valence-electron chi connectivity index (χ0n) is 9.94. The SMILES string of the molecule is COCC1=CCN(C(=O)C(CN)OC)CC1. The molecule has 0 spiro atoms. The molecule has 1 heterocycles. The van der Waals surface area contributed by atoms with Gasteiger partial charge in [0.2, 0.25) is 0 Å². The van der Waals surface area contributed by atoms with Gasteiger partial charge in [-0.1, -0.05) is 6.08 Å². The standard InChI is InChI=1S/C11H20N2O3/c1-15-8-9-3-5-13(6-4-9)11(14)10(7-12)16-2/h3,10H,4-8,12H2,1-2H3. The van der Waals surface area contributed by atoms with Gasteiger partial charge in [-0.3, -0.25) is 4.79 Å². The molecule has 1 rings (SSSR count). The molecule has 0 fully saturated rings. The van der Waals surface area contributed by atoms with Crippen molar-refractivity contribution in [3.05, 3.63) is 11.6 Å². The van der Waals surface area contributed by atoms with Crippen molar-refractivity contribution in [1.29, 1.82) is 0 Å². The lowest BCUT2D eigenvalue weighted by Gasteiger charge is -2.29. The molecule has 5 heteroatoms. The molecule has 1 aliphatic rings. The lowest BCUT2D eigenvalue weighted by molar-refractivity contribution is -0.141. The van der Waals surface area contributed by atoms with E-state index in [4.69, 9.17) is 15.2 Å². The van der Waals surface area contributed by atoms with Crippen LogP contribution in [0.4, 0.5) is 0 Å². The molecule has 0 saturated carbocycles. The number of amides is 1. The molecule has 2 N–H and O–H groups in total. The molecule has 0 radical (unpaired) electrons. The Morgan fingerprint density at radius 2 is 2.38 bits per heavy atom. The second-order valence-corrected chi connectivity index (χ2v) is 3.79. The van der Waals surface area contributed by atoms with Gasteiger partial charge >= 0.3 is 0 Å². The molecular weight excluding hydrogens is 208 g/mol. The number of hydrogen-bond donors (Lipinski definition) is 1. The maximum Gasteiger partial charge on any atom is 0.253 e. The van der Waals surface area contributed by atoms with Crippen molar-refractivity contribution in [2.45, 2.75) is 12.5 Å². The lowest BCUT2D eigenvalue weighted by atomic mass is 10.1. The van der Waals surface area contributed by atoms with Gasteiger partial charge in [0.15, 0.2) is 0 Å². The van der Waals surface area contributed by atoms with Crippen LogP contribution in [-0.4, -0.2) is 57.4 Å². The molecule has 0 aromatic carbocycles. The summed E-state index contributed by atoms with van der Waals surface area (Å²) in [6, 6.07) is 0. The molecule has 1 unspecified atom stereocenters. The molecule has 0 saturated heterocycles. The summed E-state index contributed by atoms with van der Waals surface area (Å²) in [7, 11) is 3.18. The fourth-order valence-corrected chi connectivity index (χ4v) is 1.73. The maximum atomic E-state index is 11.9. The van der Waals surface area contributed by atoms with Gasteiger partial charge in [-0.25, -0.2) is 0 Å². The molecule has 1 atom stereocenters. The van der Waals surface area contributed by atoms with E-state index in [-0.39, 0.29) is 12.5 Å². The Hall–Kier alpha value is -0.910. The minimum absolute atomic E-state index is 0.0299. The van der Waals surface area contributed by atoms with Gasteiger partial charge in [0.05, 0.1) is 6.61 Å². The highest BCUT2D eigenvalue weighted by Gasteiger charge is 2.24. The quantitative estimate of drug-likeness (QED) is 0.660. The molecule has 5 nitrogen and oxygen atoms in total. The van der Waals surface area contributed by atoms with Gasteiger partial charge in [0.1, 0.15) is 6.10 Å². The van der Waals surface area contributed by atoms with Crippen LogP contribution >= 0.6 is 0 Å². The summed E-state index contributed by atoms with van der Waals surface area (Å²) in [6.45, 7) is 2.21. The normalized spacial score (nSPS) is 18.2. The predicted molar refractivity (Wildman–Crippen MR) is 61.0 cm³/mol. The lowest BCUT2D eigenvalue weighted by Crippen LogP contribution is -2.45. The molecule has 0 aromatic rings. The number of hydrogen-bond acceptors (Lipinski definition) is 4. The second-order valence-electron chi connectivity index (χ2n) is 3.79. The number of nitrogens with two attached hydrogens (primary N) is 1. The van der Waals surface area contributed by atoms with Gasteiger partial charge in [0, 0.05) is 33.9 Å². The zero-order valence-corrected chi connectivity index (χ0v) is 9.94. The van der Waals surface area contributed by atoms with E-state index in [1.54, 1.807) is 12.0 Å². The Morgan fingerprint density at radius 1 is 1.62 bits per heavy atom. The molecule has 0 bridgehead atoms. The first-order valence-corrected chi connectivity index (χ1v) is 5.41. The Labute approximate surface area is 96.2 Å². The fraction of sp³-hybridized carbons (Fsp3) is 0.727. The first-order chi connectivity index (χ1) is 7.72. The Kier molecular flexibility index (Phi) is 5.45. The summed E-state index contributed by atoms with van der Waals surface area (Å²) >= 11 is 0. The average molecular weight is 228 g/mol. The molecule has 1 amide bonds. The summed E-state index contributed by atoms with van der Waals surface area (Å²) < 4.78 is 10.1. The highest BCUT2D eigenvalue weighted by molar-refractivity contribution is 5.81. The average Bonchev–Trinajstić information content (AvgIpc) is 2.32. The van der Waals surface area contributed by atoms with E-state index in [9.17, 15) is 4.79 Å². The van der Waals surface area contributed by atoms with E-state index in [2.05, 4.69) is 0 Å². The van der Waals surface area contributed by atoms with Crippen LogP contribution in [0.25, 0.3) is 0 Å². The van der Waals surface area contributed by atoms with E-state index in [1.165, 1.54) is 12.7 Å². The Morgan fingerprint density at radius 3 is 2.81 bits per heavy atom. The molecule has 92 valence electrons. The van der Waals surface area contributed by atoms with Crippen molar-refractivity contribution in [3.8, 4) is 0 Å². The van der Waals surface area contributed by atoms with Crippen LogP contribution in [0.5, 0.6) is 0 Å². The summed E-state index contributed by atoms with van der Waals surface area (Å²) in [5, 5.41) is 0. The summed E-state index contributed by atoms with van der Waals surface area (Å²) in [5.74, 6) is -0.0299. The van der Waals surface area contributed by atoms with Crippen molar-refractivity contribution in [1.82, 2.24) is 4.90 Å². The summed E-state index contributed by atoms with van der Waals surface area (Å²) in [5.41, 5.74) is 6.70. The molecule has 16 heavy (non-hydrogen) atoms. The van der Waals surface area contributed by atoms with Crippen molar-refractivity contribution in [2.24, 2.45) is 5.73 Å². The third kappa shape index (κ3) is 3.30. The molecule has 1 aliphatic heterocycles. The van der Waals surface area contributed by atoms with Crippen molar-refractivity contribution in [3.63, 3.8) is 0 Å². The van der Waals surface area contributed by atoms with Gasteiger partial charge in [-0.2, -0.15) is 0 Å². The van der Waals surface area contributed by atoms with E-state index in [1.807, 2.05) is 6.08 Å². The first-order valence-electron chi connectivity index (χ1n) is 5.41. The molecule has 0 aliphatic carbocycles. The Balaban J connectivity index is 2.49. The monoisotopic (exact) mass is 228 g/mol. The van der Waals surface area contributed by atoms with Gasteiger partial charge in [0.25, 0.3) is 5.91 Å². The molecular formula is C11H20N2O3. The maximum absolute atomic E-state index is 11.9. The molecule has 0 aromatic heterocycles. The van der Waals surface area contributed by atoms with Crippen molar-refractivity contribution < 1.29 is 14.3 Å². The summed E-state index contributed by atoms with van der Waals surface area (Å²) in [4.78, 5) is 13.6. The van der Waals surface area contributed by atoms with Crippen molar-refractivity contribution >= 4 is 5.91 Å². The third-order valence-electron chi connectivity index (χ3n) is 2.72. The number of ether oxygens (including phenoxy) is 2. The number of carbonyl (C=O) groups excluding carboxylic acids is 1. The zero-order chi connectivity index (χ0) is 12.0.